The van der Waals surface area contributed by atoms with Crippen LogP contribution in [0.3, 0.4) is 0 Å². The molecule has 1 saturated heterocycles. The lowest BCUT2D eigenvalue weighted by Gasteiger charge is -2.26. The van der Waals surface area contributed by atoms with Gasteiger partial charge in [-0.2, -0.15) is 5.26 Å². The Kier molecular flexibility index (Phi) is 8.84. The molecule has 204 valence electrons. The maximum absolute atomic E-state index is 13.5. The summed E-state index contributed by atoms with van der Waals surface area (Å²) in [6, 6.07) is 17.5. The third-order valence-electron chi connectivity index (χ3n) is 5.97. The molecule has 4 rings (SSSR count). The summed E-state index contributed by atoms with van der Waals surface area (Å²) in [6.45, 7) is 5.56. The van der Waals surface area contributed by atoms with Gasteiger partial charge in [0.2, 0.25) is 0 Å². The van der Waals surface area contributed by atoms with Crippen LogP contribution in [-0.4, -0.2) is 42.6 Å². The van der Waals surface area contributed by atoms with Crippen molar-refractivity contribution in [1.82, 2.24) is 10.6 Å². The fraction of sp³-hybridized carbons (Fsp3) is 0.345. The number of carbonyl (C=O) groups excluding carboxylic acids is 2. The van der Waals surface area contributed by atoms with Crippen molar-refractivity contribution in [3.8, 4) is 16.5 Å². The molecule has 10 heteroatoms. The standard InChI is InChI=1S/C29H30FN3O5S/c1-29(2,3)38-28(35)36-24-16-32-23(26(24)37-27(34)33-15-19-5-4-6-22(30)11-19)12-18-7-9-21(10-8-18)25-13-20(14-31)17-39-25/h4-11,13,17,23-24,26,32H,12,15-16H2,1-3H3,(H,33,34)/t23?,24-,26-/m0/s1. The number of benzene rings is 2. The number of carbonyl (C=O) groups is 2. The quantitative estimate of drug-likeness (QED) is 0.370. The van der Waals surface area contributed by atoms with Crippen molar-refractivity contribution in [1.29, 1.82) is 5.26 Å². The van der Waals surface area contributed by atoms with Crippen molar-refractivity contribution < 1.29 is 28.2 Å². The van der Waals surface area contributed by atoms with Crippen LogP contribution in [-0.2, 0) is 27.2 Å². The van der Waals surface area contributed by atoms with E-state index in [1.165, 1.54) is 23.5 Å². The molecule has 39 heavy (non-hydrogen) atoms. The van der Waals surface area contributed by atoms with Crippen LogP contribution in [0.25, 0.3) is 10.4 Å². The number of rotatable bonds is 7. The normalized spacial score (nSPS) is 18.7. The molecule has 2 N–H and O–H groups in total. The summed E-state index contributed by atoms with van der Waals surface area (Å²) >= 11 is 1.51. The van der Waals surface area contributed by atoms with E-state index < -0.39 is 35.9 Å². The zero-order valence-electron chi connectivity index (χ0n) is 21.9. The van der Waals surface area contributed by atoms with Gasteiger partial charge in [0.25, 0.3) is 0 Å². The van der Waals surface area contributed by atoms with E-state index >= 15 is 0 Å². The first-order chi connectivity index (χ1) is 18.6. The number of ether oxygens (including phenoxy) is 3. The lowest BCUT2D eigenvalue weighted by molar-refractivity contribution is -0.0518. The molecule has 1 aromatic heterocycles. The number of nitrogens with one attached hydrogen (secondary N) is 2. The SMILES string of the molecule is CC(C)(C)OC(=O)O[C@H]1CNC(Cc2ccc(-c3cc(C#N)cs3)cc2)[C@@H]1OC(=O)NCc1cccc(F)c1. The molecule has 8 nitrogen and oxygen atoms in total. The fourth-order valence-electron chi connectivity index (χ4n) is 4.20. The number of thiophene rings is 1. The zero-order valence-corrected chi connectivity index (χ0v) is 22.7. The Bertz CT molecular complexity index is 1350. The molecule has 2 aromatic carbocycles. The number of hydrogen-bond donors (Lipinski definition) is 2. The average molecular weight is 552 g/mol. The number of amides is 1. The number of hydrogen-bond acceptors (Lipinski definition) is 8. The molecule has 1 amide bonds. The summed E-state index contributed by atoms with van der Waals surface area (Å²) < 4.78 is 30.0. The maximum Gasteiger partial charge on any atom is 0.509 e. The van der Waals surface area contributed by atoms with E-state index in [1.54, 1.807) is 32.9 Å². The minimum atomic E-state index is -0.847. The van der Waals surface area contributed by atoms with E-state index in [9.17, 15) is 14.0 Å². The summed E-state index contributed by atoms with van der Waals surface area (Å²) in [5, 5.41) is 16.8. The Morgan fingerprint density at radius 1 is 1.13 bits per heavy atom. The second kappa shape index (κ2) is 12.3. The van der Waals surface area contributed by atoms with Gasteiger partial charge in [0, 0.05) is 23.3 Å². The molecule has 0 bridgehead atoms. The van der Waals surface area contributed by atoms with Crippen molar-refractivity contribution in [2.75, 3.05) is 6.54 Å². The van der Waals surface area contributed by atoms with Gasteiger partial charge in [-0.05, 0) is 62.1 Å². The Balaban J connectivity index is 1.44. The molecule has 0 spiro atoms. The van der Waals surface area contributed by atoms with Gasteiger partial charge >= 0.3 is 12.2 Å². The van der Waals surface area contributed by atoms with Crippen molar-refractivity contribution in [3.05, 3.63) is 82.5 Å². The maximum atomic E-state index is 13.5. The molecule has 1 unspecified atom stereocenters. The van der Waals surface area contributed by atoms with Crippen LogP contribution in [0.4, 0.5) is 14.0 Å². The van der Waals surface area contributed by atoms with Crippen molar-refractivity contribution in [2.24, 2.45) is 0 Å². The molecule has 2 heterocycles. The first-order valence-corrected chi connectivity index (χ1v) is 13.4. The minimum absolute atomic E-state index is 0.0801. The smallest absolute Gasteiger partial charge is 0.441 e. The molecule has 3 aromatic rings. The summed E-state index contributed by atoms with van der Waals surface area (Å²) in [6.07, 6.45) is -2.61. The average Bonchev–Trinajstić information content (AvgIpc) is 3.50. The molecule has 0 saturated carbocycles. The Morgan fingerprint density at radius 3 is 2.56 bits per heavy atom. The van der Waals surface area contributed by atoms with Crippen LogP contribution in [0.2, 0.25) is 0 Å². The van der Waals surface area contributed by atoms with Crippen LogP contribution in [0, 0.1) is 17.1 Å². The van der Waals surface area contributed by atoms with E-state index in [2.05, 4.69) is 16.7 Å². The lowest BCUT2D eigenvalue weighted by atomic mass is 10.00. The Morgan fingerprint density at radius 2 is 1.90 bits per heavy atom. The van der Waals surface area contributed by atoms with Gasteiger partial charge in [0.05, 0.1) is 11.6 Å². The van der Waals surface area contributed by atoms with Gasteiger partial charge in [-0.25, -0.2) is 14.0 Å². The predicted octanol–water partition coefficient (Wildman–Crippen LogP) is 5.56. The number of nitrogens with zero attached hydrogens (tertiary/aromatic N) is 1. The number of halogens is 1. The minimum Gasteiger partial charge on any atom is -0.441 e. The highest BCUT2D eigenvalue weighted by Crippen LogP contribution is 2.28. The van der Waals surface area contributed by atoms with Crippen LogP contribution in [0.1, 0.15) is 37.5 Å². The highest BCUT2D eigenvalue weighted by atomic mass is 32.1. The molecule has 1 aliphatic rings. The third kappa shape index (κ3) is 8.02. The molecule has 1 aliphatic heterocycles. The van der Waals surface area contributed by atoms with E-state index in [0.717, 1.165) is 16.0 Å². The van der Waals surface area contributed by atoms with Gasteiger partial charge in [-0.1, -0.05) is 36.4 Å². The molecular formula is C29H30FN3O5S. The van der Waals surface area contributed by atoms with Gasteiger partial charge < -0.3 is 24.8 Å². The largest absolute Gasteiger partial charge is 0.509 e. The lowest BCUT2D eigenvalue weighted by Crippen LogP contribution is -2.43. The van der Waals surface area contributed by atoms with Crippen LogP contribution >= 0.6 is 11.3 Å². The summed E-state index contributed by atoms with van der Waals surface area (Å²) in [7, 11) is 0. The summed E-state index contributed by atoms with van der Waals surface area (Å²) in [4.78, 5) is 26.1. The fourth-order valence-corrected chi connectivity index (χ4v) is 5.05. The summed E-state index contributed by atoms with van der Waals surface area (Å²) in [5.74, 6) is -0.399. The molecule has 0 aliphatic carbocycles. The Hall–Kier alpha value is -3.94. The molecule has 1 fully saturated rings. The number of nitriles is 1. The number of alkyl carbamates (subject to hydrolysis) is 1. The van der Waals surface area contributed by atoms with E-state index in [4.69, 9.17) is 19.5 Å². The van der Waals surface area contributed by atoms with Crippen molar-refractivity contribution in [2.45, 2.75) is 57.6 Å². The first kappa shape index (κ1) is 28.1. The van der Waals surface area contributed by atoms with Gasteiger partial charge in [0.1, 0.15) is 17.5 Å². The van der Waals surface area contributed by atoms with E-state index in [0.29, 0.717) is 17.5 Å². The topological polar surface area (TPSA) is 110 Å². The second-order valence-electron chi connectivity index (χ2n) is 10.2. The molecule has 3 atom stereocenters. The zero-order chi connectivity index (χ0) is 28.0. The molecule has 0 radical (unpaired) electrons. The van der Waals surface area contributed by atoms with Crippen LogP contribution in [0.5, 0.6) is 0 Å². The van der Waals surface area contributed by atoms with Crippen LogP contribution in [0.15, 0.2) is 60.0 Å². The monoisotopic (exact) mass is 551 g/mol. The van der Waals surface area contributed by atoms with Crippen molar-refractivity contribution >= 4 is 23.6 Å². The highest BCUT2D eigenvalue weighted by Gasteiger charge is 2.42. The van der Waals surface area contributed by atoms with Crippen LogP contribution < -0.4 is 10.6 Å². The molecular weight excluding hydrogens is 521 g/mol. The Labute approximate surface area is 230 Å². The first-order valence-electron chi connectivity index (χ1n) is 12.5. The van der Waals surface area contributed by atoms with Gasteiger partial charge in [-0.3, -0.25) is 0 Å². The third-order valence-corrected chi connectivity index (χ3v) is 6.95. The second-order valence-corrected chi connectivity index (χ2v) is 11.1. The van der Waals surface area contributed by atoms with Crippen molar-refractivity contribution in [3.63, 3.8) is 0 Å². The van der Waals surface area contributed by atoms with E-state index in [-0.39, 0.29) is 19.1 Å². The predicted molar refractivity (Wildman–Crippen MR) is 145 cm³/mol. The van der Waals surface area contributed by atoms with Gasteiger partial charge in [-0.15, -0.1) is 11.3 Å². The highest BCUT2D eigenvalue weighted by molar-refractivity contribution is 7.13. The summed E-state index contributed by atoms with van der Waals surface area (Å²) in [5.41, 5.74) is 2.46. The van der Waals surface area contributed by atoms with E-state index in [1.807, 2.05) is 35.7 Å². The van der Waals surface area contributed by atoms with Gasteiger partial charge in [0.15, 0.2) is 12.2 Å².